The number of rotatable bonds is 0. The van der Waals surface area contributed by atoms with Gasteiger partial charge in [-0.3, -0.25) is 0 Å². The van der Waals surface area contributed by atoms with Crippen LogP contribution < -0.4 is 0 Å². The van der Waals surface area contributed by atoms with E-state index in [1.165, 1.54) is 31.5 Å². The molecule has 0 aliphatic carbocycles. The molecule has 0 aromatic heterocycles. The first-order valence-electron chi connectivity index (χ1n) is 5.35. The molecular formula is C10H8S8. The van der Waals surface area contributed by atoms with Crippen LogP contribution in [0.15, 0.2) is 25.4 Å². The molecule has 18 heavy (non-hydrogen) atoms. The third-order valence-electron chi connectivity index (χ3n) is 2.34. The van der Waals surface area contributed by atoms with Gasteiger partial charge in [-0.05, 0) is 0 Å². The first-order chi connectivity index (χ1) is 8.90. The van der Waals surface area contributed by atoms with Crippen molar-refractivity contribution in [2.75, 3.05) is 23.0 Å². The summed E-state index contributed by atoms with van der Waals surface area (Å²) in [5.74, 6) is 5.11. The van der Waals surface area contributed by atoms with Gasteiger partial charge in [0, 0.05) is 23.0 Å². The van der Waals surface area contributed by atoms with Crippen LogP contribution in [0.25, 0.3) is 0 Å². The van der Waals surface area contributed by atoms with E-state index in [-0.39, 0.29) is 0 Å². The molecule has 4 aliphatic heterocycles. The molecule has 0 N–H and O–H groups in total. The maximum Gasteiger partial charge on any atom is 0.0717 e. The van der Waals surface area contributed by atoms with Gasteiger partial charge < -0.3 is 0 Å². The Morgan fingerprint density at radius 3 is 0.944 bits per heavy atom. The molecule has 0 radical (unpaired) electrons. The third kappa shape index (κ3) is 2.69. The Morgan fingerprint density at radius 2 is 0.667 bits per heavy atom. The summed E-state index contributed by atoms with van der Waals surface area (Å²) in [4.78, 5) is 0. The first-order valence-corrected chi connectivity index (χ1v) is 12.6. The van der Waals surface area contributed by atoms with Gasteiger partial charge in [0.2, 0.25) is 0 Å². The van der Waals surface area contributed by atoms with Crippen LogP contribution in [0.2, 0.25) is 0 Å². The lowest BCUT2D eigenvalue weighted by Gasteiger charge is -2.08. The maximum atomic E-state index is 2.05. The summed E-state index contributed by atoms with van der Waals surface area (Å²) in [5, 5.41) is 0. The lowest BCUT2D eigenvalue weighted by molar-refractivity contribution is 1.56. The van der Waals surface area contributed by atoms with Crippen LogP contribution in [0.4, 0.5) is 0 Å². The van der Waals surface area contributed by atoms with Gasteiger partial charge in [-0.25, -0.2) is 0 Å². The molecular weight excluding hydrogens is 377 g/mol. The molecule has 4 rings (SSSR count). The maximum absolute atomic E-state index is 2.05. The summed E-state index contributed by atoms with van der Waals surface area (Å²) in [6.45, 7) is 0. The molecule has 0 saturated heterocycles. The van der Waals surface area contributed by atoms with Crippen LogP contribution in [0.1, 0.15) is 0 Å². The van der Waals surface area contributed by atoms with Crippen LogP contribution >= 0.6 is 94.1 Å². The van der Waals surface area contributed by atoms with Crippen molar-refractivity contribution in [2.24, 2.45) is 0 Å². The van der Waals surface area contributed by atoms with Gasteiger partial charge in [-0.1, -0.05) is 47.0 Å². The van der Waals surface area contributed by atoms with Crippen LogP contribution in [0.5, 0.6) is 0 Å². The van der Waals surface area contributed by atoms with Crippen LogP contribution in [-0.2, 0) is 0 Å². The Labute approximate surface area is 141 Å². The van der Waals surface area contributed by atoms with E-state index in [9.17, 15) is 0 Å². The van der Waals surface area contributed by atoms with Crippen molar-refractivity contribution >= 4 is 94.1 Å². The Bertz CT molecular complexity index is 404. The highest BCUT2D eigenvalue weighted by Crippen LogP contribution is 2.67. The zero-order chi connectivity index (χ0) is 11.9. The monoisotopic (exact) mass is 384 g/mol. The molecule has 96 valence electrons. The fourth-order valence-electron chi connectivity index (χ4n) is 1.60. The van der Waals surface area contributed by atoms with Crippen molar-refractivity contribution in [2.45, 2.75) is 0 Å². The Kier molecular flexibility index (Phi) is 4.57. The molecule has 0 fully saturated rings. The van der Waals surface area contributed by atoms with E-state index in [4.69, 9.17) is 0 Å². The highest BCUT2D eigenvalue weighted by Gasteiger charge is 2.32. The molecule has 0 aromatic rings. The van der Waals surface area contributed by atoms with Crippen LogP contribution in [0.3, 0.4) is 0 Å². The minimum Gasteiger partial charge on any atom is -0.116 e. The Hall–Kier alpha value is 2.02. The van der Waals surface area contributed by atoms with Crippen LogP contribution in [0, 0.1) is 0 Å². The summed E-state index contributed by atoms with van der Waals surface area (Å²) in [5.41, 5.74) is 0. The normalized spacial score (nSPS) is 28.0. The fourth-order valence-corrected chi connectivity index (χ4v) is 13.8. The van der Waals surface area contributed by atoms with E-state index in [1.54, 1.807) is 16.9 Å². The summed E-state index contributed by atoms with van der Waals surface area (Å²) in [7, 11) is 0. The van der Waals surface area contributed by atoms with Gasteiger partial charge in [0.15, 0.2) is 0 Å². The first kappa shape index (κ1) is 13.7. The molecule has 0 aromatic carbocycles. The van der Waals surface area contributed by atoms with E-state index in [0.29, 0.717) is 0 Å². The van der Waals surface area contributed by atoms with Crippen molar-refractivity contribution in [3.8, 4) is 0 Å². The van der Waals surface area contributed by atoms with E-state index < -0.39 is 0 Å². The second-order valence-corrected chi connectivity index (χ2v) is 13.6. The Morgan fingerprint density at radius 1 is 0.389 bits per heavy atom. The van der Waals surface area contributed by atoms with Gasteiger partial charge in [0.1, 0.15) is 0 Å². The van der Waals surface area contributed by atoms with Crippen molar-refractivity contribution in [3.63, 3.8) is 0 Å². The van der Waals surface area contributed by atoms with Gasteiger partial charge in [-0.15, -0.1) is 47.0 Å². The number of hydrogen-bond donors (Lipinski definition) is 0. The molecule has 4 heterocycles. The number of hydrogen-bond acceptors (Lipinski definition) is 8. The largest absolute Gasteiger partial charge is 0.116 e. The van der Waals surface area contributed by atoms with E-state index >= 15 is 0 Å². The van der Waals surface area contributed by atoms with Crippen molar-refractivity contribution in [1.29, 1.82) is 0 Å². The standard InChI is InChI=1S/C10H8S8/c1-2-12-6-5(11-1)15-9(16-6)10-17-7-8(18-10)14-4-3-13-7/h1-4H2. The minimum absolute atomic E-state index is 1.28. The molecule has 0 saturated carbocycles. The quantitative estimate of drug-likeness (QED) is 0.472. The lowest BCUT2D eigenvalue weighted by Crippen LogP contribution is -1.88. The molecule has 0 atom stereocenters. The van der Waals surface area contributed by atoms with Gasteiger partial charge >= 0.3 is 0 Å². The predicted octanol–water partition coefficient (Wildman–Crippen LogP) is 6.29. The van der Waals surface area contributed by atoms with Gasteiger partial charge in [-0.2, -0.15) is 0 Å². The van der Waals surface area contributed by atoms with Crippen LogP contribution in [-0.4, -0.2) is 23.0 Å². The summed E-state index contributed by atoms with van der Waals surface area (Å²) in [6, 6.07) is 0. The Balaban J connectivity index is 1.54. The highest BCUT2D eigenvalue weighted by molar-refractivity contribution is 8.45. The molecule has 0 bridgehead atoms. The number of thioether (sulfide) groups is 8. The zero-order valence-electron chi connectivity index (χ0n) is 9.09. The summed E-state index contributed by atoms with van der Waals surface area (Å²) < 4.78 is 9.31. The van der Waals surface area contributed by atoms with E-state index in [1.807, 2.05) is 94.1 Å². The van der Waals surface area contributed by atoms with Crippen molar-refractivity contribution < 1.29 is 0 Å². The molecule has 8 heteroatoms. The molecule has 0 nitrogen and oxygen atoms in total. The molecule has 0 unspecified atom stereocenters. The topological polar surface area (TPSA) is 0 Å². The summed E-state index contributed by atoms with van der Waals surface area (Å²) >= 11 is 16.2. The fraction of sp³-hybridized carbons (Fsp3) is 0.400. The van der Waals surface area contributed by atoms with Crippen molar-refractivity contribution in [1.82, 2.24) is 0 Å². The molecule has 0 spiro atoms. The minimum atomic E-state index is 1.28. The SMILES string of the molecule is C1CSC2=C(S1)SC(=C1SC3=C(SCCS3)S1)S2. The average molecular weight is 385 g/mol. The second kappa shape index (κ2) is 6.02. The van der Waals surface area contributed by atoms with Crippen molar-refractivity contribution in [3.05, 3.63) is 25.4 Å². The summed E-state index contributed by atoms with van der Waals surface area (Å²) in [6.07, 6.45) is 0. The van der Waals surface area contributed by atoms with Gasteiger partial charge in [0.05, 0.1) is 25.4 Å². The molecule has 4 aliphatic rings. The van der Waals surface area contributed by atoms with E-state index in [2.05, 4.69) is 0 Å². The third-order valence-corrected chi connectivity index (χ3v) is 14.4. The van der Waals surface area contributed by atoms with E-state index in [0.717, 1.165) is 0 Å². The lowest BCUT2D eigenvalue weighted by atomic mass is 11.0. The smallest absolute Gasteiger partial charge is 0.0717 e. The zero-order valence-corrected chi connectivity index (χ0v) is 15.6. The second-order valence-electron chi connectivity index (χ2n) is 3.53. The highest BCUT2D eigenvalue weighted by atomic mass is 32.3. The molecule has 0 amide bonds. The van der Waals surface area contributed by atoms with Gasteiger partial charge in [0.25, 0.3) is 0 Å². The predicted molar refractivity (Wildman–Crippen MR) is 101 cm³/mol. The average Bonchev–Trinajstić information content (AvgIpc) is 3.02.